The van der Waals surface area contributed by atoms with Crippen LogP contribution in [0.25, 0.3) is 0 Å². The molecule has 1 aromatic heterocycles. The van der Waals surface area contributed by atoms with E-state index < -0.39 is 0 Å². The molecule has 1 aromatic rings. The molecule has 0 aliphatic heterocycles. The third kappa shape index (κ3) is 8.87. The Bertz CT molecular complexity index is 412. The molecule has 0 radical (unpaired) electrons. The minimum Gasteiger partial charge on any atom is -0.380 e. The van der Waals surface area contributed by atoms with Gasteiger partial charge in [0.15, 0.2) is 5.96 Å². The average molecular weight is 406 g/mol. The molecule has 1 heterocycles. The van der Waals surface area contributed by atoms with E-state index in [2.05, 4.69) is 40.5 Å². The molecule has 0 aromatic carbocycles. The summed E-state index contributed by atoms with van der Waals surface area (Å²) in [7, 11) is 0. The summed E-state index contributed by atoms with van der Waals surface area (Å²) in [4.78, 5) is 8.57. The van der Waals surface area contributed by atoms with Crippen LogP contribution in [0.4, 0.5) is 0 Å². The molecule has 0 unspecified atom stereocenters. The second-order valence-corrected chi connectivity index (χ2v) is 4.44. The van der Waals surface area contributed by atoms with E-state index in [-0.39, 0.29) is 24.0 Å². The first-order valence-electron chi connectivity index (χ1n) is 7.27. The van der Waals surface area contributed by atoms with E-state index in [1.807, 2.05) is 19.3 Å². The molecule has 0 aliphatic rings. The molecular weight excluding hydrogens is 379 g/mol. The standard InChI is InChI=1S/C15H26N4O.HI/c1-4-17-15(19-10-11-20-5-2)18-9-7-14-6-8-16-12-13(14)3;/h6,8,12H,4-5,7,9-11H2,1-3H3,(H2,17,18,19);1H. The number of hydrogen-bond donors (Lipinski definition) is 2. The molecule has 21 heavy (non-hydrogen) atoms. The summed E-state index contributed by atoms with van der Waals surface area (Å²) in [5, 5.41) is 6.57. The summed E-state index contributed by atoms with van der Waals surface area (Å²) in [6, 6.07) is 2.07. The van der Waals surface area contributed by atoms with E-state index >= 15 is 0 Å². The number of nitrogens with zero attached hydrogens (tertiary/aromatic N) is 2. The quantitative estimate of drug-likeness (QED) is 0.301. The van der Waals surface area contributed by atoms with Gasteiger partial charge >= 0.3 is 0 Å². The van der Waals surface area contributed by atoms with Crippen molar-refractivity contribution >= 4 is 29.9 Å². The van der Waals surface area contributed by atoms with Crippen molar-refractivity contribution in [2.45, 2.75) is 27.2 Å². The molecule has 0 bridgehead atoms. The minimum absolute atomic E-state index is 0. The van der Waals surface area contributed by atoms with Crippen LogP contribution in [0.15, 0.2) is 23.5 Å². The van der Waals surface area contributed by atoms with Crippen molar-refractivity contribution in [1.29, 1.82) is 0 Å². The largest absolute Gasteiger partial charge is 0.380 e. The molecule has 0 saturated heterocycles. The molecule has 2 N–H and O–H groups in total. The Kier molecular flexibility index (Phi) is 12.3. The summed E-state index contributed by atoms with van der Waals surface area (Å²) in [5.41, 5.74) is 2.55. The number of aliphatic imine (C=N–C) groups is 1. The Morgan fingerprint density at radius 1 is 1.33 bits per heavy atom. The minimum atomic E-state index is 0. The summed E-state index contributed by atoms with van der Waals surface area (Å²) in [6.45, 7) is 9.93. The lowest BCUT2D eigenvalue weighted by atomic mass is 10.1. The van der Waals surface area contributed by atoms with Gasteiger partial charge in [-0.2, -0.15) is 0 Å². The van der Waals surface area contributed by atoms with E-state index in [0.717, 1.165) is 32.1 Å². The highest BCUT2D eigenvalue weighted by Crippen LogP contribution is 2.04. The Morgan fingerprint density at radius 3 is 2.81 bits per heavy atom. The molecule has 0 fully saturated rings. The number of halogens is 1. The van der Waals surface area contributed by atoms with Crippen LogP contribution in [-0.4, -0.2) is 43.8 Å². The third-order valence-corrected chi connectivity index (χ3v) is 2.88. The molecule has 0 amide bonds. The maximum atomic E-state index is 5.28. The van der Waals surface area contributed by atoms with Crippen LogP contribution in [0.1, 0.15) is 25.0 Å². The van der Waals surface area contributed by atoms with E-state index in [1.54, 1.807) is 0 Å². The monoisotopic (exact) mass is 406 g/mol. The first kappa shape index (κ1) is 20.1. The van der Waals surface area contributed by atoms with Crippen molar-refractivity contribution in [2.24, 2.45) is 4.99 Å². The van der Waals surface area contributed by atoms with Gasteiger partial charge in [-0.15, -0.1) is 24.0 Å². The summed E-state index contributed by atoms with van der Waals surface area (Å²) < 4.78 is 5.28. The Morgan fingerprint density at radius 2 is 2.14 bits per heavy atom. The molecule has 0 saturated carbocycles. The van der Waals surface area contributed by atoms with Crippen molar-refractivity contribution < 1.29 is 4.74 Å². The zero-order chi connectivity index (χ0) is 14.6. The van der Waals surface area contributed by atoms with Gasteiger partial charge < -0.3 is 15.4 Å². The Labute approximate surface area is 145 Å². The lowest BCUT2D eigenvalue weighted by Gasteiger charge is -2.12. The lowest BCUT2D eigenvalue weighted by Crippen LogP contribution is -2.38. The van der Waals surface area contributed by atoms with E-state index in [0.29, 0.717) is 13.2 Å². The van der Waals surface area contributed by atoms with Gasteiger partial charge in [0.2, 0.25) is 0 Å². The van der Waals surface area contributed by atoms with Crippen molar-refractivity contribution in [1.82, 2.24) is 15.6 Å². The normalized spacial score (nSPS) is 10.9. The van der Waals surface area contributed by atoms with Crippen molar-refractivity contribution in [3.05, 3.63) is 29.6 Å². The van der Waals surface area contributed by atoms with Crippen molar-refractivity contribution in [3.8, 4) is 0 Å². The van der Waals surface area contributed by atoms with Crippen LogP contribution in [0.3, 0.4) is 0 Å². The number of guanidine groups is 1. The number of hydrogen-bond acceptors (Lipinski definition) is 3. The van der Waals surface area contributed by atoms with Crippen LogP contribution in [-0.2, 0) is 11.2 Å². The molecular formula is C15H27IN4O. The Hall–Kier alpha value is -0.890. The van der Waals surface area contributed by atoms with Crippen molar-refractivity contribution in [3.63, 3.8) is 0 Å². The maximum absolute atomic E-state index is 5.28. The first-order chi connectivity index (χ1) is 9.77. The molecule has 6 heteroatoms. The van der Waals surface area contributed by atoms with E-state index in [4.69, 9.17) is 4.74 Å². The highest BCUT2D eigenvalue weighted by atomic mass is 127. The summed E-state index contributed by atoms with van der Waals surface area (Å²) >= 11 is 0. The predicted octanol–water partition coefficient (Wildman–Crippen LogP) is 2.14. The van der Waals surface area contributed by atoms with Gasteiger partial charge in [-0.25, -0.2) is 0 Å². The fraction of sp³-hybridized carbons (Fsp3) is 0.600. The molecule has 0 atom stereocenters. The maximum Gasteiger partial charge on any atom is 0.191 e. The molecule has 120 valence electrons. The second-order valence-electron chi connectivity index (χ2n) is 4.44. The van der Waals surface area contributed by atoms with Gasteiger partial charge in [-0.05, 0) is 44.4 Å². The molecule has 1 rings (SSSR count). The van der Waals surface area contributed by atoms with Gasteiger partial charge in [-0.1, -0.05) is 0 Å². The smallest absolute Gasteiger partial charge is 0.191 e. The molecule has 0 aliphatic carbocycles. The van der Waals surface area contributed by atoms with Crippen LogP contribution in [0, 0.1) is 6.92 Å². The predicted molar refractivity (Wildman–Crippen MR) is 98.6 cm³/mol. The van der Waals surface area contributed by atoms with Crippen LogP contribution in [0.5, 0.6) is 0 Å². The summed E-state index contributed by atoms with van der Waals surface area (Å²) in [5.74, 6) is 0.846. The van der Waals surface area contributed by atoms with Gasteiger partial charge in [0.1, 0.15) is 0 Å². The molecule has 0 spiro atoms. The number of aryl methyl sites for hydroxylation is 1. The highest BCUT2D eigenvalue weighted by molar-refractivity contribution is 14.0. The van der Waals surface area contributed by atoms with Gasteiger partial charge in [0.25, 0.3) is 0 Å². The van der Waals surface area contributed by atoms with Gasteiger partial charge in [0.05, 0.1) is 13.2 Å². The third-order valence-electron chi connectivity index (χ3n) is 2.88. The number of aromatic nitrogens is 1. The average Bonchev–Trinajstić information content (AvgIpc) is 2.45. The SMILES string of the molecule is CCNC(=NCCOCC)NCCc1ccncc1C.I. The number of ether oxygens (including phenoxy) is 1. The van der Waals surface area contributed by atoms with Gasteiger partial charge in [0, 0.05) is 32.1 Å². The number of pyridine rings is 1. The number of nitrogens with one attached hydrogen (secondary N) is 2. The first-order valence-corrected chi connectivity index (χ1v) is 7.27. The van der Waals surface area contributed by atoms with E-state index in [1.165, 1.54) is 11.1 Å². The zero-order valence-electron chi connectivity index (χ0n) is 13.2. The van der Waals surface area contributed by atoms with Crippen LogP contribution >= 0.6 is 24.0 Å². The highest BCUT2D eigenvalue weighted by Gasteiger charge is 1.99. The van der Waals surface area contributed by atoms with E-state index in [9.17, 15) is 0 Å². The lowest BCUT2D eigenvalue weighted by molar-refractivity contribution is 0.155. The number of rotatable bonds is 8. The summed E-state index contributed by atoms with van der Waals surface area (Å²) in [6.07, 6.45) is 4.70. The van der Waals surface area contributed by atoms with Gasteiger partial charge in [-0.3, -0.25) is 9.98 Å². The zero-order valence-corrected chi connectivity index (χ0v) is 15.5. The van der Waals surface area contributed by atoms with Crippen LogP contribution < -0.4 is 10.6 Å². The van der Waals surface area contributed by atoms with Crippen molar-refractivity contribution in [2.75, 3.05) is 32.8 Å². The second kappa shape index (κ2) is 12.8. The fourth-order valence-corrected chi connectivity index (χ4v) is 1.81. The van der Waals surface area contributed by atoms with Crippen LogP contribution in [0.2, 0.25) is 0 Å². The molecule has 5 nitrogen and oxygen atoms in total. The Balaban J connectivity index is 0.00000400. The topological polar surface area (TPSA) is 58.5 Å². The fourth-order valence-electron chi connectivity index (χ4n) is 1.81.